The van der Waals surface area contributed by atoms with Gasteiger partial charge in [-0.1, -0.05) is 11.6 Å². The van der Waals surface area contributed by atoms with Crippen molar-refractivity contribution in [1.82, 2.24) is 4.72 Å². The molecule has 8 nitrogen and oxygen atoms in total. The Bertz CT molecular complexity index is 611. The van der Waals surface area contributed by atoms with Gasteiger partial charge in [-0.05, 0) is 6.92 Å². The molecule has 0 unspecified atom stereocenters. The summed E-state index contributed by atoms with van der Waals surface area (Å²) in [5.74, 6) is -0.777. The number of nitro groups is 1. The van der Waals surface area contributed by atoms with Gasteiger partial charge in [0.25, 0.3) is 15.7 Å². The zero-order valence-corrected chi connectivity index (χ0v) is 12.1. The molecule has 0 radical (unpaired) electrons. The van der Waals surface area contributed by atoms with E-state index in [0.29, 0.717) is 11.3 Å². The van der Waals surface area contributed by atoms with Crippen molar-refractivity contribution in [3.63, 3.8) is 0 Å². The number of hydrogen-bond donors (Lipinski definition) is 1. The second kappa shape index (κ2) is 5.82. The van der Waals surface area contributed by atoms with Crippen molar-refractivity contribution in [3.05, 3.63) is 20.5 Å². The zero-order chi connectivity index (χ0) is 14.8. The number of ether oxygens (including phenoxy) is 1. The molecule has 0 spiro atoms. The van der Waals surface area contributed by atoms with Crippen LogP contribution in [0.3, 0.4) is 0 Å². The van der Waals surface area contributed by atoms with Gasteiger partial charge in [0.15, 0.2) is 4.34 Å². The fourth-order valence-corrected chi connectivity index (χ4v) is 3.98. The average molecular weight is 329 g/mol. The Labute approximate surface area is 117 Å². The first kappa shape index (κ1) is 15.8. The number of methoxy groups -OCH3 is 1. The lowest BCUT2D eigenvalue weighted by atomic mass is 10.4. The SMILES string of the molecule is COC(=O)[C@H](C)NS(=O)(=O)c1cc([N+](=O)[O-])c(Cl)s1. The molecule has 0 amide bonds. The molecular formula is C8H9ClN2O6S2. The third kappa shape index (κ3) is 3.62. The summed E-state index contributed by atoms with van der Waals surface area (Å²) in [6.45, 7) is 1.28. The Morgan fingerprint density at radius 1 is 1.63 bits per heavy atom. The highest BCUT2D eigenvalue weighted by Crippen LogP contribution is 2.36. The summed E-state index contributed by atoms with van der Waals surface area (Å²) in [4.78, 5) is 20.9. The molecule has 19 heavy (non-hydrogen) atoms. The van der Waals surface area contributed by atoms with Crippen LogP contribution in [0.5, 0.6) is 0 Å². The average Bonchev–Trinajstić information content (AvgIpc) is 2.70. The van der Waals surface area contributed by atoms with Crippen molar-refractivity contribution in [1.29, 1.82) is 0 Å². The number of rotatable bonds is 5. The summed E-state index contributed by atoms with van der Waals surface area (Å²) in [5, 5.41) is 10.6. The number of halogens is 1. The van der Waals surface area contributed by atoms with E-state index in [0.717, 1.165) is 13.2 Å². The van der Waals surface area contributed by atoms with Gasteiger partial charge in [0.05, 0.1) is 12.0 Å². The van der Waals surface area contributed by atoms with E-state index in [4.69, 9.17) is 11.6 Å². The molecule has 1 atom stereocenters. The molecule has 0 aliphatic heterocycles. The maximum Gasteiger partial charge on any atom is 0.323 e. The molecule has 1 rings (SSSR count). The van der Waals surface area contributed by atoms with Crippen LogP contribution >= 0.6 is 22.9 Å². The van der Waals surface area contributed by atoms with Crippen LogP contribution in [0.25, 0.3) is 0 Å². The lowest BCUT2D eigenvalue weighted by molar-refractivity contribution is -0.384. The maximum atomic E-state index is 11.9. The van der Waals surface area contributed by atoms with Gasteiger partial charge in [-0.15, -0.1) is 11.3 Å². The number of nitrogens with zero attached hydrogens (tertiary/aromatic N) is 1. The summed E-state index contributed by atoms with van der Waals surface area (Å²) < 4.78 is 29.5. The number of thiophene rings is 1. The first-order valence-corrected chi connectivity index (χ1v) is 7.40. The minimum atomic E-state index is -4.07. The molecule has 1 aromatic rings. The van der Waals surface area contributed by atoms with Crippen molar-refractivity contribution in [2.75, 3.05) is 7.11 Å². The molecule has 0 aliphatic carbocycles. The summed E-state index contributed by atoms with van der Waals surface area (Å²) in [6, 6.07) is -0.283. The number of nitrogens with one attached hydrogen (secondary N) is 1. The predicted octanol–water partition coefficient (Wildman–Crippen LogP) is 1.15. The molecule has 1 N–H and O–H groups in total. The van der Waals surface area contributed by atoms with Gasteiger partial charge < -0.3 is 4.74 Å². The molecular weight excluding hydrogens is 320 g/mol. The highest BCUT2D eigenvalue weighted by atomic mass is 35.5. The van der Waals surface area contributed by atoms with E-state index >= 15 is 0 Å². The Hall–Kier alpha value is -1.23. The van der Waals surface area contributed by atoms with Crippen LogP contribution in [0.4, 0.5) is 5.69 Å². The van der Waals surface area contributed by atoms with Crippen LogP contribution in [0.1, 0.15) is 6.92 Å². The second-order valence-electron chi connectivity index (χ2n) is 3.35. The van der Waals surface area contributed by atoms with Crippen molar-refractivity contribution in [2.24, 2.45) is 0 Å². The van der Waals surface area contributed by atoms with Crippen molar-refractivity contribution < 1.29 is 22.9 Å². The Morgan fingerprint density at radius 2 is 2.21 bits per heavy atom. The topological polar surface area (TPSA) is 116 Å². The van der Waals surface area contributed by atoms with Gasteiger partial charge in [-0.3, -0.25) is 14.9 Å². The summed E-state index contributed by atoms with van der Waals surface area (Å²) in [6.07, 6.45) is 0. The molecule has 11 heteroatoms. The first-order chi connectivity index (χ1) is 8.69. The summed E-state index contributed by atoms with van der Waals surface area (Å²) in [5.41, 5.74) is -0.502. The molecule has 0 aliphatic rings. The molecule has 106 valence electrons. The van der Waals surface area contributed by atoms with Gasteiger partial charge in [-0.2, -0.15) is 4.72 Å². The number of sulfonamides is 1. The van der Waals surface area contributed by atoms with Crippen LogP contribution < -0.4 is 4.72 Å². The second-order valence-corrected chi connectivity index (χ2v) is 6.94. The summed E-state index contributed by atoms with van der Waals surface area (Å²) >= 11 is 6.10. The predicted molar refractivity (Wildman–Crippen MR) is 67.8 cm³/mol. The standard InChI is InChI=1S/C8H9ClN2O6S2/c1-4(8(12)17-2)10-19(15,16)6-3-5(11(13)14)7(9)18-6/h3-4,10H,1-2H3/t4-/m0/s1. The molecule has 1 aromatic heterocycles. The molecule has 1 heterocycles. The third-order valence-electron chi connectivity index (χ3n) is 1.99. The number of carbonyl (C=O) groups is 1. The van der Waals surface area contributed by atoms with Gasteiger partial charge in [0.2, 0.25) is 0 Å². The van der Waals surface area contributed by atoms with Crippen LogP contribution in [0.15, 0.2) is 10.3 Å². The lowest BCUT2D eigenvalue weighted by Crippen LogP contribution is -2.38. The highest BCUT2D eigenvalue weighted by molar-refractivity contribution is 7.91. The summed E-state index contributed by atoms with van der Waals surface area (Å²) in [7, 11) is -2.96. The smallest absolute Gasteiger partial charge is 0.323 e. The monoisotopic (exact) mass is 328 g/mol. The van der Waals surface area contributed by atoms with Gasteiger partial charge in [-0.25, -0.2) is 8.42 Å². The molecule has 0 saturated heterocycles. The quantitative estimate of drug-likeness (QED) is 0.492. The van der Waals surface area contributed by atoms with Gasteiger partial charge in [0, 0.05) is 6.07 Å². The fourth-order valence-electron chi connectivity index (χ4n) is 1.11. The van der Waals surface area contributed by atoms with Crippen molar-refractivity contribution >= 4 is 44.6 Å². The normalized spacial score (nSPS) is 13.0. The first-order valence-electron chi connectivity index (χ1n) is 4.73. The van der Waals surface area contributed by atoms with E-state index in [-0.39, 0.29) is 8.55 Å². The number of carbonyl (C=O) groups excluding carboxylic acids is 1. The van der Waals surface area contributed by atoms with Crippen LogP contribution in [-0.4, -0.2) is 32.5 Å². The van der Waals surface area contributed by atoms with Crippen LogP contribution in [0.2, 0.25) is 4.34 Å². The van der Waals surface area contributed by atoms with E-state index in [2.05, 4.69) is 4.74 Å². The van der Waals surface area contributed by atoms with Crippen LogP contribution in [0, 0.1) is 10.1 Å². The van der Waals surface area contributed by atoms with E-state index in [1.165, 1.54) is 6.92 Å². The third-order valence-corrected chi connectivity index (χ3v) is 5.35. The molecule has 0 saturated carbocycles. The number of hydrogen-bond acceptors (Lipinski definition) is 7. The minimum absolute atomic E-state index is 0.254. The highest BCUT2D eigenvalue weighted by Gasteiger charge is 2.28. The van der Waals surface area contributed by atoms with Gasteiger partial charge in [0.1, 0.15) is 10.3 Å². The minimum Gasteiger partial charge on any atom is -0.468 e. The van der Waals surface area contributed by atoms with E-state index in [1.54, 1.807) is 0 Å². The largest absolute Gasteiger partial charge is 0.468 e. The lowest BCUT2D eigenvalue weighted by Gasteiger charge is -2.10. The fraction of sp³-hybridized carbons (Fsp3) is 0.375. The van der Waals surface area contributed by atoms with E-state index < -0.39 is 32.6 Å². The van der Waals surface area contributed by atoms with Crippen LogP contribution in [-0.2, 0) is 19.6 Å². The Morgan fingerprint density at radius 3 is 2.63 bits per heavy atom. The van der Waals surface area contributed by atoms with Crippen molar-refractivity contribution in [3.8, 4) is 0 Å². The Kier molecular flexibility index (Phi) is 4.85. The van der Waals surface area contributed by atoms with E-state index in [1.807, 2.05) is 4.72 Å². The molecule has 0 fully saturated rings. The number of esters is 1. The zero-order valence-electron chi connectivity index (χ0n) is 9.75. The van der Waals surface area contributed by atoms with Gasteiger partial charge >= 0.3 is 5.97 Å². The van der Waals surface area contributed by atoms with Crippen molar-refractivity contribution in [2.45, 2.75) is 17.2 Å². The van der Waals surface area contributed by atoms with E-state index in [9.17, 15) is 23.3 Å². The maximum absolute atomic E-state index is 11.9. The molecule has 0 aromatic carbocycles. The molecule has 0 bridgehead atoms. The Balaban J connectivity index is 3.04.